The lowest BCUT2D eigenvalue weighted by atomic mass is 10.0. The first kappa shape index (κ1) is 15.2. The number of aryl methyl sites for hydroxylation is 1. The summed E-state index contributed by atoms with van der Waals surface area (Å²) in [5, 5.41) is 0. The number of thiophene rings is 1. The number of alkyl halides is 2. The molecule has 0 atom stereocenters. The minimum absolute atomic E-state index is 0.123. The van der Waals surface area contributed by atoms with Gasteiger partial charge >= 0.3 is 0 Å². The quantitative estimate of drug-likeness (QED) is 0.792. The van der Waals surface area contributed by atoms with Gasteiger partial charge < -0.3 is 4.90 Å². The number of likely N-dealkylation sites (tertiary alicyclic amines) is 1. The van der Waals surface area contributed by atoms with Crippen LogP contribution in [0.3, 0.4) is 0 Å². The number of carbonyl (C=O) groups excluding carboxylic acids is 1. The van der Waals surface area contributed by atoms with E-state index >= 15 is 0 Å². The smallest absolute Gasteiger partial charge is 0.253 e. The number of amides is 1. The molecule has 0 N–H and O–H groups in total. The largest absolute Gasteiger partial charge is 0.338 e. The maximum atomic E-state index is 13.1. The van der Waals surface area contributed by atoms with Crippen LogP contribution >= 0.6 is 11.3 Å². The highest BCUT2D eigenvalue weighted by Gasteiger charge is 2.35. The van der Waals surface area contributed by atoms with Gasteiger partial charge in [0.15, 0.2) is 0 Å². The van der Waals surface area contributed by atoms with Gasteiger partial charge in [-0.2, -0.15) is 0 Å². The second-order valence-corrected chi connectivity index (χ2v) is 6.92. The summed E-state index contributed by atoms with van der Waals surface area (Å²) in [4.78, 5) is 16.3. The number of hydrogen-bond donors (Lipinski definition) is 0. The van der Waals surface area contributed by atoms with Gasteiger partial charge in [-0.3, -0.25) is 4.79 Å². The number of carbonyl (C=O) groups is 1. The Balaban J connectivity index is 1.71. The summed E-state index contributed by atoms with van der Waals surface area (Å²) in [6, 6.07) is 11.5. The van der Waals surface area contributed by atoms with Gasteiger partial charge in [-0.05, 0) is 36.8 Å². The Hall–Kier alpha value is -1.75. The third-order valence-corrected chi connectivity index (χ3v) is 4.99. The SMILES string of the molecule is Cc1ccc(-c2ccc(C(=O)N3CCC(F)(F)CC3)cc2)s1. The Kier molecular flexibility index (Phi) is 4.00. The van der Waals surface area contributed by atoms with E-state index in [-0.39, 0.29) is 31.8 Å². The van der Waals surface area contributed by atoms with Gasteiger partial charge in [-0.1, -0.05) is 12.1 Å². The molecule has 0 unspecified atom stereocenters. The lowest BCUT2D eigenvalue weighted by Crippen LogP contribution is -2.42. The van der Waals surface area contributed by atoms with E-state index in [9.17, 15) is 13.6 Å². The summed E-state index contributed by atoms with van der Waals surface area (Å²) in [6.07, 6.45) is -0.489. The molecule has 0 saturated carbocycles. The maximum Gasteiger partial charge on any atom is 0.253 e. The predicted molar refractivity (Wildman–Crippen MR) is 84.6 cm³/mol. The Morgan fingerprint density at radius 2 is 1.73 bits per heavy atom. The predicted octanol–water partition coefficient (Wildman–Crippen LogP) is 4.59. The van der Waals surface area contributed by atoms with Crippen molar-refractivity contribution in [1.82, 2.24) is 4.90 Å². The molecule has 2 aromatic rings. The molecule has 0 spiro atoms. The molecule has 1 fully saturated rings. The van der Waals surface area contributed by atoms with E-state index in [0.717, 1.165) is 10.4 Å². The van der Waals surface area contributed by atoms with E-state index in [4.69, 9.17) is 0 Å². The Morgan fingerprint density at radius 3 is 2.27 bits per heavy atom. The van der Waals surface area contributed by atoms with Gasteiger partial charge in [0, 0.05) is 41.2 Å². The number of benzene rings is 1. The molecule has 1 aliphatic heterocycles. The number of rotatable bonds is 2. The average molecular weight is 321 g/mol. The molecule has 1 aromatic heterocycles. The molecule has 116 valence electrons. The van der Waals surface area contributed by atoms with Crippen molar-refractivity contribution in [2.75, 3.05) is 13.1 Å². The van der Waals surface area contributed by atoms with E-state index < -0.39 is 5.92 Å². The molecule has 5 heteroatoms. The van der Waals surface area contributed by atoms with Crippen LogP contribution in [-0.2, 0) is 0 Å². The topological polar surface area (TPSA) is 20.3 Å². The van der Waals surface area contributed by atoms with Crippen LogP contribution in [0.2, 0.25) is 0 Å². The summed E-state index contributed by atoms with van der Waals surface area (Å²) < 4.78 is 26.3. The summed E-state index contributed by atoms with van der Waals surface area (Å²) in [6.45, 7) is 2.30. The minimum atomic E-state index is -2.63. The number of nitrogens with zero attached hydrogens (tertiary/aromatic N) is 1. The highest BCUT2D eigenvalue weighted by molar-refractivity contribution is 7.15. The molecule has 1 aliphatic rings. The minimum Gasteiger partial charge on any atom is -0.338 e. The zero-order valence-electron chi connectivity index (χ0n) is 12.3. The molecule has 1 saturated heterocycles. The van der Waals surface area contributed by atoms with E-state index in [1.807, 2.05) is 12.1 Å². The summed E-state index contributed by atoms with van der Waals surface area (Å²) in [7, 11) is 0. The first-order chi connectivity index (χ1) is 10.4. The zero-order valence-corrected chi connectivity index (χ0v) is 13.1. The van der Waals surface area contributed by atoms with Crippen molar-refractivity contribution in [1.29, 1.82) is 0 Å². The van der Waals surface area contributed by atoms with Crippen LogP contribution in [-0.4, -0.2) is 29.8 Å². The Morgan fingerprint density at radius 1 is 1.09 bits per heavy atom. The Bertz CT molecular complexity index is 668. The molecule has 0 aliphatic carbocycles. The lowest BCUT2D eigenvalue weighted by Gasteiger charge is -2.31. The van der Waals surface area contributed by atoms with E-state index in [2.05, 4.69) is 19.1 Å². The third kappa shape index (κ3) is 3.19. The molecule has 2 heterocycles. The summed E-state index contributed by atoms with van der Waals surface area (Å²) in [5.74, 6) is -2.79. The summed E-state index contributed by atoms with van der Waals surface area (Å²) in [5.41, 5.74) is 1.63. The fraction of sp³-hybridized carbons (Fsp3) is 0.353. The molecule has 3 rings (SSSR count). The molecular weight excluding hydrogens is 304 g/mol. The third-order valence-electron chi connectivity index (χ3n) is 3.94. The van der Waals surface area contributed by atoms with Crippen LogP contribution in [0.4, 0.5) is 8.78 Å². The molecule has 0 radical (unpaired) electrons. The second kappa shape index (κ2) is 5.80. The first-order valence-electron chi connectivity index (χ1n) is 7.29. The highest BCUT2D eigenvalue weighted by Crippen LogP contribution is 2.30. The van der Waals surface area contributed by atoms with Crippen LogP contribution in [0.25, 0.3) is 10.4 Å². The number of piperidine rings is 1. The lowest BCUT2D eigenvalue weighted by molar-refractivity contribution is -0.0494. The fourth-order valence-corrected chi connectivity index (χ4v) is 3.46. The van der Waals surface area contributed by atoms with Crippen LogP contribution < -0.4 is 0 Å². The van der Waals surface area contributed by atoms with Crippen LogP contribution in [0, 0.1) is 6.92 Å². The number of hydrogen-bond acceptors (Lipinski definition) is 2. The molecule has 1 amide bonds. The van der Waals surface area contributed by atoms with E-state index in [1.165, 1.54) is 9.78 Å². The molecule has 1 aromatic carbocycles. The van der Waals surface area contributed by atoms with Crippen LogP contribution in [0.5, 0.6) is 0 Å². The molecule has 2 nitrogen and oxygen atoms in total. The van der Waals surface area contributed by atoms with Crippen molar-refractivity contribution in [3.8, 4) is 10.4 Å². The normalized spacial score (nSPS) is 17.5. The van der Waals surface area contributed by atoms with Crippen molar-refractivity contribution in [3.05, 3.63) is 46.8 Å². The van der Waals surface area contributed by atoms with Crippen molar-refractivity contribution < 1.29 is 13.6 Å². The van der Waals surface area contributed by atoms with Gasteiger partial charge in [0.2, 0.25) is 0 Å². The van der Waals surface area contributed by atoms with Crippen molar-refractivity contribution in [2.24, 2.45) is 0 Å². The zero-order chi connectivity index (χ0) is 15.7. The van der Waals surface area contributed by atoms with Crippen LogP contribution in [0.15, 0.2) is 36.4 Å². The summed E-state index contributed by atoms with van der Waals surface area (Å²) >= 11 is 1.70. The van der Waals surface area contributed by atoms with Gasteiger partial charge in [-0.15, -0.1) is 11.3 Å². The van der Waals surface area contributed by atoms with Crippen LogP contribution in [0.1, 0.15) is 28.1 Å². The van der Waals surface area contributed by atoms with Crippen molar-refractivity contribution in [3.63, 3.8) is 0 Å². The standard InChI is InChI=1S/C17H17F2NOS/c1-12-2-7-15(22-12)13-3-5-14(6-4-13)16(21)20-10-8-17(18,19)9-11-20/h2-7H,8-11H2,1H3. The first-order valence-corrected chi connectivity index (χ1v) is 8.10. The molecule has 22 heavy (non-hydrogen) atoms. The van der Waals surface area contributed by atoms with Crippen molar-refractivity contribution in [2.45, 2.75) is 25.7 Å². The average Bonchev–Trinajstić information content (AvgIpc) is 2.93. The molecular formula is C17H17F2NOS. The van der Waals surface area contributed by atoms with Gasteiger partial charge in [0.1, 0.15) is 0 Å². The highest BCUT2D eigenvalue weighted by atomic mass is 32.1. The van der Waals surface area contributed by atoms with Gasteiger partial charge in [-0.25, -0.2) is 8.78 Å². The monoisotopic (exact) mass is 321 g/mol. The Labute approximate surface area is 132 Å². The van der Waals surface area contributed by atoms with Gasteiger partial charge in [0.25, 0.3) is 11.8 Å². The van der Waals surface area contributed by atoms with E-state index in [0.29, 0.717) is 5.56 Å². The molecule has 0 bridgehead atoms. The second-order valence-electron chi connectivity index (χ2n) is 5.64. The van der Waals surface area contributed by atoms with Gasteiger partial charge in [0.05, 0.1) is 0 Å². The van der Waals surface area contributed by atoms with E-state index in [1.54, 1.807) is 23.5 Å². The maximum absolute atomic E-state index is 13.1. The van der Waals surface area contributed by atoms with Crippen molar-refractivity contribution >= 4 is 17.2 Å². The fourth-order valence-electron chi connectivity index (χ4n) is 2.59. The number of halogens is 2.